The summed E-state index contributed by atoms with van der Waals surface area (Å²) in [5.41, 5.74) is 1.77. The Morgan fingerprint density at radius 3 is 2.46 bits per heavy atom. The number of benzene rings is 2. The number of imidazole rings is 1. The third-order valence-electron chi connectivity index (χ3n) is 3.76. The van der Waals surface area contributed by atoms with Gasteiger partial charge in [-0.1, -0.05) is 0 Å². The first-order valence-corrected chi connectivity index (χ1v) is 9.06. The van der Waals surface area contributed by atoms with Crippen LogP contribution in [0.2, 0.25) is 0 Å². The van der Waals surface area contributed by atoms with Crippen LogP contribution in [0.5, 0.6) is 0 Å². The Morgan fingerprint density at radius 1 is 1.08 bits per heavy atom. The second-order valence-corrected chi connectivity index (χ2v) is 6.48. The van der Waals surface area contributed by atoms with Gasteiger partial charge in [-0.15, -0.1) is 11.8 Å². The molecule has 1 aromatic heterocycles. The second-order valence-electron chi connectivity index (χ2n) is 5.60. The number of amides is 1. The molecule has 3 N–H and O–H groups in total. The lowest BCUT2D eigenvalue weighted by molar-refractivity contribution is -0.123. The second kappa shape index (κ2) is 7.49. The number of anilines is 1. The highest BCUT2D eigenvalue weighted by Crippen LogP contribution is 2.17. The average Bonchev–Trinajstić information content (AvgIpc) is 3.00. The number of hydrogen-bond acceptors (Lipinski definition) is 5. The van der Waals surface area contributed by atoms with Gasteiger partial charge in [0.2, 0.25) is 0 Å². The molecule has 3 rings (SSSR count). The number of esters is 1. The van der Waals surface area contributed by atoms with Gasteiger partial charge in [-0.3, -0.25) is 4.79 Å². The van der Waals surface area contributed by atoms with Crippen molar-refractivity contribution in [1.29, 1.82) is 0 Å². The van der Waals surface area contributed by atoms with E-state index in [4.69, 9.17) is 4.74 Å². The minimum Gasteiger partial charge on any atom is -0.449 e. The zero-order valence-electron chi connectivity index (χ0n) is 14.2. The Balaban J connectivity index is 1.64. The first-order chi connectivity index (χ1) is 12.5. The van der Waals surface area contributed by atoms with E-state index in [2.05, 4.69) is 15.3 Å². The summed E-state index contributed by atoms with van der Waals surface area (Å²) in [7, 11) is 0. The van der Waals surface area contributed by atoms with Crippen molar-refractivity contribution in [2.24, 2.45) is 0 Å². The van der Waals surface area contributed by atoms with Crippen LogP contribution in [0.1, 0.15) is 17.3 Å². The largest absolute Gasteiger partial charge is 0.449 e. The Kier molecular flexibility index (Phi) is 5.13. The Bertz CT molecular complexity index is 1010. The summed E-state index contributed by atoms with van der Waals surface area (Å²) in [6.07, 6.45) is 0.976. The molecule has 2 aromatic carbocycles. The van der Waals surface area contributed by atoms with Crippen LogP contribution >= 0.6 is 11.8 Å². The molecule has 0 bridgehead atoms. The van der Waals surface area contributed by atoms with E-state index in [1.807, 2.05) is 18.4 Å². The Morgan fingerprint density at radius 2 is 1.77 bits per heavy atom. The number of fused-ring (bicyclic) bond motifs is 1. The zero-order valence-corrected chi connectivity index (χ0v) is 15.0. The van der Waals surface area contributed by atoms with Crippen molar-refractivity contribution in [1.82, 2.24) is 9.97 Å². The number of carbonyl (C=O) groups is 2. The molecule has 0 unspecified atom stereocenters. The van der Waals surface area contributed by atoms with Gasteiger partial charge >= 0.3 is 11.7 Å². The molecular weight excluding hydrogens is 354 g/mol. The molecule has 1 heterocycles. The molecule has 0 spiro atoms. The highest BCUT2D eigenvalue weighted by Gasteiger charge is 2.19. The molecule has 0 saturated carbocycles. The van der Waals surface area contributed by atoms with Crippen molar-refractivity contribution < 1.29 is 14.3 Å². The third-order valence-corrected chi connectivity index (χ3v) is 4.51. The number of carbonyl (C=O) groups excluding carboxylic acids is 2. The molecule has 1 atom stereocenters. The van der Waals surface area contributed by atoms with Crippen LogP contribution in [0.4, 0.5) is 5.69 Å². The molecule has 0 aliphatic carbocycles. The van der Waals surface area contributed by atoms with E-state index in [1.165, 1.54) is 6.92 Å². The first kappa shape index (κ1) is 17.8. The number of rotatable bonds is 5. The summed E-state index contributed by atoms with van der Waals surface area (Å²) in [5.74, 6) is -1.03. The van der Waals surface area contributed by atoms with E-state index >= 15 is 0 Å². The topological polar surface area (TPSA) is 104 Å². The molecule has 0 fully saturated rings. The standard InChI is InChI=1S/C18H17N3O4S/c1-10(25-17(23)11-3-6-13(26-2)7-4-11)16(22)19-12-5-8-14-15(9-12)21-18(24)20-14/h3-10H,1-2H3,(H,19,22)(H2,20,21,24)/t10-/m0/s1. The lowest BCUT2D eigenvalue weighted by Crippen LogP contribution is -2.30. The first-order valence-electron chi connectivity index (χ1n) is 7.84. The van der Waals surface area contributed by atoms with Gasteiger partial charge in [0.1, 0.15) is 0 Å². The van der Waals surface area contributed by atoms with Crippen LogP contribution in [0, 0.1) is 0 Å². The normalized spacial score (nSPS) is 11.9. The fraction of sp³-hybridized carbons (Fsp3) is 0.167. The Labute approximate surface area is 153 Å². The number of nitrogens with one attached hydrogen (secondary N) is 3. The minimum atomic E-state index is -0.969. The predicted molar refractivity (Wildman–Crippen MR) is 101 cm³/mol. The van der Waals surface area contributed by atoms with Crippen molar-refractivity contribution in [2.75, 3.05) is 11.6 Å². The zero-order chi connectivity index (χ0) is 18.7. The predicted octanol–water partition coefficient (Wildman–Crippen LogP) is 2.76. The molecular formula is C18H17N3O4S. The average molecular weight is 371 g/mol. The van der Waals surface area contributed by atoms with E-state index in [9.17, 15) is 14.4 Å². The molecule has 8 heteroatoms. The summed E-state index contributed by atoms with van der Waals surface area (Å²) in [5, 5.41) is 2.66. The molecule has 0 aliphatic heterocycles. The fourth-order valence-electron chi connectivity index (χ4n) is 2.36. The summed E-state index contributed by atoms with van der Waals surface area (Å²) in [4.78, 5) is 41.9. The molecule has 1 amide bonds. The van der Waals surface area contributed by atoms with Gasteiger partial charge in [-0.2, -0.15) is 0 Å². The van der Waals surface area contributed by atoms with Gasteiger partial charge in [0.25, 0.3) is 5.91 Å². The van der Waals surface area contributed by atoms with Gasteiger partial charge in [0.15, 0.2) is 6.10 Å². The highest BCUT2D eigenvalue weighted by molar-refractivity contribution is 7.98. The summed E-state index contributed by atoms with van der Waals surface area (Å²) in [6, 6.07) is 11.9. The smallest absolute Gasteiger partial charge is 0.338 e. The van der Waals surface area contributed by atoms with E-state index in [0.29, 0.717) is 22.3 Å². The summed E-state index contributed by atoms with van der Waals surface area (Å²) >= 11 is 1.57. The molecule has 0 aliphatic rings. The van der Waals surface area contributed by atoms with Crippen LogP contribution in [0.15, 0.2) is 52.2 Å². The molecule has 0 saturated heterocycles. The van der Waals surface area contributed by atoms with Gasteiger partial charge in [0, 0.05) is 10.6 Å². The van der Waals surface area contributed by atoms with Crippen molar-refractivity contribution >= 4 is 40.4 Å². The summed E-state index contributed by atoms with van der Waals surface area (Å²) in [6.45, 7) is 1.50. The third kappa shape index (κ3) is 3.97. The minimum absolute atomic E-state index is 0.321. The van der Waals surface area contributed by atoms with Crippen molar-refractivity contribution in [2.45, 2.75) is 17.9 Å². The van der Waals surface area contributed by atoms with Crippen molar-refractivity contribution in [3.63, 3.8) is 0 Å². The van der Waals surface area contributed by atoms with Crippen molar-refractivity contribution in [3.8, 4) is 0 Å². The maximum absolute atomic E-state index is 12.2. The number of H-pyrrole nitrogens is 2. The molecule has 3 aromatic rings. The van der Waals surface area contributed by atoms with E-state index in [-0.39, 0.29) is 5.69 Å². The maximum Gasteiger partial charge on any atom is 0.338 e. The van der Waals surface area contributed by atoms with Gasteiger partial charge in [-0.25, -0.2) is 9.59 Å². The number of aromatic amines is 2. The van der Waals surface area contributed by atoms with Crippen LogP contribution in [-0.2, 0) is 9.53 Å². The summed E-state index contributed by atoms with van der Waals surface area (Å²) < 4.78 is 5.21. The molecule has 7 nitrogen and oxygen atoms in total. The van der Waals surface area contributed by atoms with Gasteiger partial charge in [0.05, 0.1) is 16.6 Å². The highest BCUT2D eigenvalue weighted by atomic mass is 32.2. The van der Waals surface area contributed by atoms with Crippen LogP contribution in [0.3, 0.4) is 0 Å². The lowest BCUT2D eigenvalue weighted by Gasteiger charge is -2.13. The number of hydrogen-bond donors (Lipinski definition) is 3. The number of ether oxygens (including phenoxy) is 1. The van der Waals surface area contributed by atoms with E-state index < -0.39 is 18.0 Å². The quantitative estimate of drug-likeness (QED) is 0.473. The number of aromatic nitrogens is 2. The monoisotopic (exact) mass is 371 g/mol. The number of thioether (sulfide) groups is 1. The van der Waals surface area contributed by atoms with Gasteiger partial charge < -0.3 is 20.0 Å². The van der Waals surface area contributed by atoms with E-state index in [0.717, 1.165) is 4.90 Å². The van der Waals surface area contributed by atoms with E-state index in [1.54, 1.807) is 42.1 Å². The van der Waals surface area contributed by atoms with Crippen LogP contribution in [-0.4, -0.2) is 34.2 Å². The van der Waals surface area contributed by atoms with Gasteiger partial charge in [-0.05, 0) is 55.6 Å². The van der Waals surface area contributed by atoms with Crippen LogP contribution < -0.4 is 11.0 Å². The van der Waals surface area contributed by atoms with Crippen LogP contribution in [0.25, 0.3) is 11.0 Å². The SMILES string of the molecule is CSc1ccc(C(=O)O[C@@H](C)C(=O)Nc2ccc3[nH]c(=O)[nH]c3c2)cc1. The molecule has 26 heavy (non-hydrogen) atoms. The molecule has 134 valence electrons. The molecule has 0 radical (unpaired) electrons. The Hall–Kier alpha value is -3.00. The lowest BCUT2D eigenvalue weighted by atomic mass is 10.2. The maximum atomic E-state index is 12.2. The van der Waals surface area contributed by atoms with Crippen molar-refractivity contribution in [3.05, 3.63) is 58.5 Å². The fourth-order valence-corrected chi connectivity index (χ4v) is 2.77.